The summed E-state index contributed by atoms with van der Waals surface area (Å²) < 4.78 is 39.4. The number of nitrogens with zero attached hydrogens (tertiary/aromatic N) is 1. The van der Waals surface area contributed by atoms with Crippen LogP contribution >= 0.6 is 0 Å². The predicted molar refractivity (Wildman–Crippen MR) is 57.3 cm³/mol. The van der Waals surface area contributed by atoms with Gasteiger partial charge in [0.15, 0.2) is 5.96 Å². The summed E-state index contributed by atoms with van der Waals surface area (Å²) >= 11 is 0. The minimum atomic E-state index is -4.69. The maximum atomic E-state index is 11.9. The van der Waals surface area contributed by atoms with Crippen molar-refractivity contribution >= 4 is 5.96 Å². The van der Waals surface area contributed by atoms with E-state index in [-0.39, 0.29) is 17.8 Å². The highest BCUT2D eigenvalue weighted by Gasteiger charge is 2.30. The Balaban J connectivity index is 2.78. The van der Waals surface area contributed by atoms with Gasteiger partial charge in [0.1, 0.15) is 5.75 Å². The second-order valence-electron chi connectivity index (χ2n) is 3.35. The van der Waals surface area contributed by atoms with Gasteiger partial charge in [-0.2, -0.15) is 0 Å². The van der Waals surface area contributed by atoms with Gasteiger partial charge in [0.2, 0.25) is 0 Å². The lowest BCUT2D eigenvalue weighted by molar-refractivity contribution is -0.274. The van der Waals surface area contributed by atoms with Crippen LogP contribution < -0.4 is 16.2 Å². The van der Waals surface area contributed by atoms with Crippen LogP contribution in [0.25, 0.3) is 0 Å². The molecule has 0 bridgehead atoms. The first kappa shape index (κ1) is 13.1. The highest BCUT2D eigenvalue weighted by Crippen LogP contribution is 2.25. The van der Waals surface area contributed by atoms with Crippen LogP contribution in [-0.4, -0.2) is 12.3 Å². The van der Waals surface area contributed by atoms with E-state index in [1.165, 1.54) is 24.3 Å². The average Bonchev–Trinajstić information content (AvgIpc) is 2.15. The monoisotopic (exact) mass is 247 g/mol. The predicted octanol–water partition coefficient (Wildman–Crippen LogP) is 1.92. The molecule has 0 fully saturated rings. The molecule has 4 nitrogen and oxygen atoms in total. The number of aliphatic imine (C=N–C) groups is 1. The second-order valence-corrected chi connectivity index (χ2v) is 3.35. The summed E-state index contributed by atoms with van der Waals surface area (Å²) in [6, 6.07) is 5.04. The van der Waals surface area contributed by atoms with E-state index < -0.39 is 6.36 Å². The third kappa shape index (κ3) is 4.62. The SMILES string of the molecule is CC(N=C(N)N)c1ccc(OC(F)(F)F)cc1. The molecular formula is C10H12F3N3O. The molecule has 0 radical (unpaired) electrons. The normalized spacial score (nSPS) is 12.9. The van der Waals surface area contributed by atoms with Crippen LogP contribution in [0.5, 0.6) is 5.75 Å². The molecular weight excluding hydrogens is 235 g/mol. The van der Waals surface area contributed by atoms with Gasteiger partial charge in [0.05, 0.1) is 6.04 Å². The van der Waals surface area contributed by atoms with Gasteiger partial charge < -0.3 is 16.2 Å². The summed E-state index contributed by atoms with van der Waals surface area (Å²) in [7, 11) is 0. The number of hydrogen-bond acceptors (Lipinski definition) is 2. The topological polar surface area (TPSA) is 73.6 Å². The number of halogens is 3. The second kappa shape index (κ2) is 4.94. The van der Waals surface area contributed by atoms with Crippen LogP contribution in [0.3, 0.4) is 0 Å². The van der Waals surface area contributed by atoms with Crippen molar-refractivity contribution in [3.05, 3.63) is 29.8 Å². The maximum Gasteiger partial charge on any atom is 0.573 e. The van der Waals surface area contributed by atoms with Crippen LogP contribution in [0.2, 0.25) is 0 Å². The molecule has 7 heteroatoms. The summed E-state index contributed by atoms with van der Waals surface area (Å²) in [5, 5.41) is 0. The van der Waals surface area contributed by atoms with Crippen molar-refractivity contribution in [3.8, 4) is 5.75 Å². The number of guanidine groups is 1. The molecule has 0 aliphatic carbocycles. The summed E-state index contributed by atoms with van der Waals surface area (Å²) in [6.07, 6.45) is -4.69. The summed E-state index contributed by atoms with van der Waals surface area (Å²) in [4.78, 5) is 3.86. The van der Waals surface area contributed by atoms with E-state index in [9.17, 15) is 13.2 Å². The zero-order chi connectivity index (χ0) is 13.1. The lowest BCUT2D eigenvalue weighted by Gasteiger charge is -2.11. The minimum Gasteiger partial charge on any atom is -0.406 e. The van der Waals surface area contributed by atoms with E-state index >= 15 is 0 Å². The molecule has 1 atom stereocenters. The van der Waals surface area contributed by atoms with Crippen molar-refractivity contribution in [3.63, 3.8) is 0 Å². The maximum absolute atomic E-state index is 11.9. The summed E-state index contributed by atoms with van der Waals surface area (Å²) in [6.45, 7) is 1.72. The van der Waals surface area contributed by atoms with Crippen molar-refractivity contribution in [1.29, 1.82) is 0 Å². The third-order valence-corrected chi connectivity index (χ3v) is 1.94. The van der Waals surface area contributed by atoms with Crippen LogP contribution in [0.1, 0.15) is 18.5 Å². The Morgan fingerprint density at radius 2 is 1.76 bits per heavy atom. The number of benzene rings is 1. The molecule has 1 unspecified atom stereocenters. The lowest BCUT2D eigenvalue weighted by Crippen LogP contribution is -2.23. The quantitative estimate of drug-likeness (QED) is 0.633. The fourth-order valence-corrected chi connectivity index (χ4v) is 1.25. The highest BCUT2D eigenvalue weighted by molar-refractivity contribution is 5.75. The van der Waals surface area contributed by atoms with Gasteiger partial charge in [0.25, 0.3) is 0 Å². The first-order chi connectivity index (χ1) is 7.78. The van der Waals surface area contributed by atoms with Crippen LogP contribution in [-0.2, 0) is 0 Å². The van der Waals surface area contributed by atoms with Gasteiger partial charge in [-0.05, 0) is 24.6 Å². The minimum absolute atomic E-state index is 0.0758. The molecule has 0 heterocycles. The van der Waals surface area contributed by atoms with Gasteiger partial charge in [-0.1, -0.05) is 12.1 Å². The zero-order valence-electron chi connectivity index (χ0n) is 9.03. The molecule has 0 aliphatic heterocycles. The molecule has 0 saturated heterocycles. The Morgan fingerprint density at radius 1 is 1.24 bits per heavy atom. The first-order valence-corrected chi connectivity index (χ1v) is 4.72. The van der Waals surface area contributed by atoms with Gasteiger partial charge in [0, 0.05) is 0 Å². The van der Waals surface area contributed by atoms with E-state index in [4.69, 9.17) is 11.5 Å². The number of alkyl halides is 3. The molecule has 4 N–H and O–H groups in total. The highest BCUT2D eigenvalue weighted by atomic mass is 19.4. The lowest BCUT2D eigenvalue weighted by atomic mass is 10.1. The molecule has 1 aromatic carbocycles. The van der Waals surface area contributed by atoms with Gasteiger partial charge in [-0.25, -0.2) is 4.99 Å². The van der Waals surface area contributed by atoms with E-state index in [0.29, 0.717) is 5.56 Å². The fourth-order valence-electron chi connectivity index (χ4n) is 1.25. The van der Waals surface area contributed by atoms with Crippen molar-refractivity contribution in [2.45, 2.75) is 19.3 Å². The Kier molecular flexibility index (Phi) is 3.82. The standard InChI is InChI=1S/C10H12F3N3O/c1-6(16-9(14)15)7-2-4-8(5-3-7)17-10(11,12)13/h2-6H,1H3,(H4,14,15,16). The number of rotatable bonds is 3. The number of nitrogens with two attached hydrogens (primary N) is 2. The van der Waals surface area contributed by atoms with Crippen molar-refractivity contribution < 1.29 is 17.9 Å². The molecule has 94 valence electrons. The number of ether oxygens (including phenoxy) is 1. The molecule has 0 aliphatic rings. The van der Waals surface area contributed by atoms with Crippen molar-refractivity contribution in [1.82, 2.24) is 0 Å². The van der Waals surface area contributed by atoms with Crippen LogP contribution in [0.4, 0.5) is 13.2 Å². The fraction of sp³-hybridized carbons (Fsp3) is 0.300. The van der Waals surface area contributed by atoms with E-state index in [1.807, 2.05) is 0 Å². The molecule has 1 rings (SSSR count). The van der Waals surface area contributed by atoms with Crippen molar-refractivity contribution in [2.75, 3.05) is 0 Å². The summed E-state index contributed by atoms with van der Waals surface area (Å²) in [5.74, 6) is -0.355. The Morgan fingerprint density at radius 3 is 2.18 bits per heavy atom. The third-order valence-electron chi connectivity index (χ3n) is 1.94. The van der Waals surface area contributed by atoms with Crippen LogP contribution in [0, 0.1) is 0 Å². The van der Waals surface area contributed by atoms with E-state index in [0.717, 1.165) is 0 Å². The Bertz CT molecular complexity index is 396. The molecule has 17 heavy (non-hydrogen) atoms. The largest absolute Gasteiger partial charge is 0.573 e. The smallest absolute Gasteiger partial charge is 0.406 e. The molecule has 1 aromatic rings. The van der Waals surface area contributed by atoms with E-state index in [2.05, 4.69) is 9.73 Å². The Labute approximate surface area is 96.1 Å². The summed E-state index contributed by atoms with van der Waals surface area (Å²) in [5.41, 5.74) is 11.1. The van der Waals surface area contributed by atoms with Crippen molar-refractivity contribution in [2.24, 2.45) is 16.5 Å². The molecule has 0 aromatic heterocycles. The van der Waals surface area contributed by atoms with E-state index in [1.54, 1.807) is 6.92 Å². The first-order valence-electron chi connectivity index (χ1n) is 4.72. The molecule has 0 saturated carbocycles. The number of hydrogen-bond donors (Lipinski definition) is 2. The zero-order valence-corrected chi connectivity index (χ0v) is 9.03. The van der Waals surface area contributed by atoms with Gasteiger partial charge >= 0.3 is 6.36 Å². The molecule has 0 amide bonds. The molecule has 0 spiro atoms. The average molecular weight is 247 g/mol. The Hall–Kier alpha value is -1.92. The van der Waals surface area contributed by atoms with Gasteiger partial charge in [-0.3, -0.25) is 0 Å². The van der Waals surface area contributed by atoms with Crippen LogP contribution in [0.15, 0.2) is 29.3 Å². The van der Waals surface area contributed by atoms with Gasteiger partial charge in [-0.15, -0.1) is 13.2 Å².